The molecule has 1 saturated carbocycles. The van der Waals surface area contributed by atoms with Crippen LogP contribution in [0.3, 0.4) is 0 Å². The first-order valence-corrected chi connectivity index (χ1v) is 7.92. The van der Waals surface area contributed by atoms with E-state index in [2.05, 4.69) is 27.8 Å². The summed E-state index contributed by atoms with van der Waals surface area (Å²) < 4.78 is 30.3. The van der Waals surface area contributed by atoms with Crippen molar-refractivity contribution in [1.82, 2.24) is 4.57 Å². The second-order valence-corrected chi connectivity index (χ2v) is 5.76. The molecule has 1 aromatic heterocycles. The standard InChI is InChI=1S/C16H10BrF2NO3/c17-5-1-2-9-12(18)6-10-14(13(9)19)20(8-3-4-8)7-11(15(10)21)16(22)23/h6-8H,3-5H2,(H,22,23). The Labute approximate surface area is 137 Å². The molecule has 0 atom stereocenters. The van der Waals surface area contributed by atoms with E-state index >= 15 is 0 Å². The minimum atomic E-state index is -1.42. The first-order chi connectivity index (χ1) is 11.0. The maximum absolute atomic E-state index is 14.7. The van der Waals surface area contributed by atoms with Crippen LogP contribution in [-0.4, -0.2) is 21.0 Å². The van der Waals surface area contributed by atoms with Gasteiger partial charge in [0.05, 0.1) is 21.8 Å². The molecule has 0 bridgehead atoms. The third-order valence-electron chi connectivity index (χ3n) is 3.66. The highest BCUT2D eigenvalue weighted by molar-refractivity contribution is 9.09. The van der Waals surface area contributed by atoms with Crippen molar-refractivity contribution in [2.75, 3.05) is 5.33 Å². The molecular weight excluding hydrogens is 372 g/mol. The van der Waals surface area contributed by atoms with Gasteiger partial charge in [-0.15, -0.1) is 0 Å². The largest absolute Gasteiger partial charge is 0.477 e. The number of nitrogens with zero attached hydrogens (tertiary/aromatic N) is 1. The van der Waals surface area contributed by atoms with Crippen molar-refractivity contribution in [1.29, 1.82) is 0 Å². The maximum atomic E-state index is 14.7. The Kier molecular flexibility index (Phi) is 3.94. The average Bonchev–Trinajstić information content (AvgIpc) is 3.32. The summed E-state index contributed by atoms with van der Waals surface area (Å²) in [6.07, 6.45) is 2.62. The lowest BCUT2D eigenvalue weighted by Gasteiger charge is -2.13. The third-order valence-corrected chi connectivity index (χ3v) is 3.94. The van der Waals surface area contributed by atoms with E-state index in [0.29, 0.717) is 0 Å². The zero-order chi connectivity index (χ0) is 16.7. The number of pyridine rings is 1. The minimum absolute atomic E-state index is 0.0897. The van der Waals surface area contributed by atoms with E-state index < -0.39 is 34.2 Å². The molecule has 0 spiro atoms. The van der Waals surface area contributed by atoms with Crippen molar-refractivity contribution in [3.63, 3.8) is 0 Å². The highest BCUT2D eigenvalue weighted by atomic mass is 79.9. The normalized spacial score (nSPS) is 13.7. The maximum Gasteiger partial charge on any atom is 0.341 e. The molecule has 23 heavy (non-hydrogen) atoms. The summed E-state index contributed by atoms with van der Waals surface area (Å²) in [4.78, 5) is 23.4. The van der Waals surface area contributed by atoms with Crippen LogP contribution in [0.1, 0.15) is 34.8 Å². The van der Waals surface area contributed by atoms with Crippen LogP contribution in [0.2, 0.25) is 0 Å². The van der Waals surface area contributed by atoms with Gasteiger partial charge < -0.3 is 9.67 Å². The lowest BCUT2D eigenvalue weighted by atomic mass is 10.1. The number of rotatable bonds is 2. The molecule has 4 nitrogen and oxygen atoms in total. The zero-order valence-corrected chi connectivity index (χ0v) is 13.3. The van der Waals surface area contributed by atoms with E-state index in [1.807, 2.05) is 0 Å². The van der Waals surface area contributed by atoms with E-state index in [1.165, 1.54) is 4.57 Å². The summed E-state index contributed by atoms with van der Waals surface area (Å²) in [5, 5.41) is 9.10. The van der Waals surface area contributed by atoms with E-state index in [-0.39, 0.29) is 22.3 Å². The Morgan fingerprint density at radius 2 is 2.13 bits per heavy atom. The number of fused-ring (bicyclic) bond motifs is 1. The van der Waals surface area contributed by atoms with Gasteiger partial charge in [0.2, 0.25) is 5.43 Å². The van der Waals surface area contributed by atoms with Gasteiger partial charge in [0.1, 0.15) is 11.4 Å². The van der Waals surface area contributed by atoms with Crippen molar-refractivity contribution in [2.24, 2.45) is 0 Å². The van der Waals surface area contributed by atoms with Crippen LogP contribution in [0.15, 0.2) is 17.1 Å². The first kappa shape index (κ1) is 15.7. The highest BCUT2D eigenvalue weighted by Gasteiger charge is 2.29. The van der Waals surface area contributed by atoms with Crippen LogP contribution in [0.25, 0.3) is 10.9 Å². The fourth-order valence-electron chi connectivity index (χ4n) is 2.47. The third kappa shape index (κ3) is 2.63. The van der Waals surface area contributed by atoms with Gasteiger partial charge in [-0.1, -0.05) is 27.8 Å². The summed E-state index contributed by atoms with van der Waals surface area (Å²) >= 11 is 3.05. The number of aromatic nitrogens is 1. The van der Waals surface area contributed by atoms with Gasteiger partial charge in [-0.25, -0.2) is 13.6 Å². The number of carbonyl (C=O) groups is 1. The van der Waals surface area contributed by atoms with E-state index in [9.17, 15) is 18.4 Å². The van der Waals surface area contributed by atoms with Gasteiger partial charge in [-0.3, -0.25) is 4.79 Å². The van der Waals surface area contributed by atoms with E-state index in [1.54, 1.807) is 0 Å². The van der Waals surface area contributed by atoms with Crippen molar-refractivity contribution in [3.05, 3.63) is 45.2 Å². The Morgan fingerprint density at radius 1 is 1.43 bits per heavy atom. The van der Waals surface area contributed by atoms with Crippen LogP contribution < -0.4 is 5.43 Å². The number of benzene rings is 1. The molecule has 1 fully saturated rings. The minimum Gasteiger partial charge on any atom is -0.477 e. The smallest absolute Gasteiger partial charge is 0.341 e. The predicted octanol–water partition coefficient (Wildman–Crippen LogP) is 3.06. The van der Waals surface area contributed by atoms with Crippen LogP contribution in [0.5, 0.6) is 0 Å². The molecule has 0 radical (unpaired) electrons. The topological polar surface area (TPSA) is 59.3 Å². The zero-order valence-electron chi connectivity index (χ0n) is 11.7. The predicted molar refractivity (Wildman–Crippen MR) is 84.0 cm³/mol. The molecule has 3 rings (SSSR count). The SMILES string of the molecule is O=C(O)c1cn(C2CC2)c2c(F)c(C#CCBr)c(F)cc2c1=O. The second kappa shape index (κ2) is 5.78. The van der Waals surface area contributed by atoms with Crippen molar-refractivity contribution in [3.8, 4) is 11.8 Å². The quantitative estimate of drug-likeness (QED) is 0.642. The number of halogens is 3. The molecule has 1 aliphatic carbocycles. The monoisotopic (exact) mass is 381 g/mol. The summed E-state index contributed by atoms with van der Waals surface area (Å²) in [6.45, 7) is 0. The average molecular weight is 382 g/mol. The number of carboxylic acid groups (broad SMARTS) is 1. The Bertz CT molecular complexity index is 952. The second-order valence-electron chi connectivity index (χ2n) is 5.19. The van der Waals surface area contributed by atoms with Crippen molar-refractivity contribution >= 4 is 32.8 Å². The molecule has 0 unspecified atom stereocenters. The van der Waals surface area contributed by atoms with Gasteiger partial charge in [-0.2, -0.15) is 0 Å². The Balaban J connectivity index is 2.45. The number of hydrogen-bond donors (Lipinski definition) is 1. The lowest BCUT2D eigenvalue weighted by Crippen LogP contribution is -2.20. The number of aromatic carboxylic acids is 1. The first-order valence-electron chi connectivity index (χ1n) is 6.80. The lowest BCUT2D eigenvalue weighted by molar-refractivity contribution is 0.0695. The molecule has 0 aliphatic heterocycles. The summed E-state index contributed by atoms with van der Waals surface area (Å²) in [6, 6.07) is 0.776. The molecule has 0 saturated heterocycles. The van der Waals surface area contributed by atoms with Crippen molar-refractivity contribution < 1.29 is 18.7 Å². The Morgan fingerprint density at radius 3 is 2.70 bits per heavy atom. The fraction of sp³-hybridized carbons (Fsp3) is 0.250. The molecule has 1 aliphatic rings. The number of alkyl halides is 1. The molecule has 2 aromatic rings. The van der Waals surface area contributed by atoms with E-state index in [4.69, 9.17) is 5.11 Å². The van der Waals surface area contributed by atoms with Crippen LogP contribution in [-0.2, 0) is 0 Å². The van der Waals surface area contributed by atoms with Crippen molar-refractivity contribution in [2.45, 2.75) is 18.9 Å². The van der Waals surface area contributed by atoms with Gasteiger partial charge in [0.25, 0.3) is 0 Å². The highest BCUT2D eigenvalue weighted by Crippen LogP contribution is 2.38. The van der Waals surface area contributed by atoms with Gasteiger partial charge >= 0.3 is 5.97 Å². The van der Waals surface area contributed by atoms with Crippen LogP contribution in [0.4, 0.5) is 8.78 Å². The van der Waals surface area contributed by atoms with Crippen LogP contribution >= 0.6 is 15.9 Å². The van der Waals surface area contributed by atoms with Gasteiger partial charge in [-0.05, 0) is 18.9 Å². The fourth-order valence-corrected chi connectivity index (χ4v) is 2.61. The van der Waals surface area contributed by atoms with Gasteiger partial charge in [0.15, 0.2) is 5.82 Å². The van der Waals surface area contributed by atoms with E-state index in [0.717, 1.165) is 25.1 Å². The molecular formula is C16H10BrF2NO3. The number of carboxylic acids is 1. The molecule has 118 valence electrons. The van der Waals surface area contributed by atoms with Gasteiger partial charge in [0, 0.05) is 12.2 Å². The molecule has 1 N–H and O–H groups in total. The van der Waals surface area contributed by atoms with Crippen LogP contribution in [0, 0.1) is 23.5 Å². The summed E-state index contributed by atoms with van der Waals surface area (Å²) in [5.74, 6) is 1.57. The molecule has 1 aromatic carbocycles. The summed E-state index contributed by atoms with van der Waals surface area (Å²) in [7, 11) is 0. The molecule has 0 amide bonds. The Hall–Kier alpha value is -2.20. The molecule has 1 heterocycles. The summed E-state index contributed by atoms with van der Waals surface area (Å²) in [5.41, 5.74) is -1.92. The molecule has 7 heteroatoms. The number of hydrogen-bond acceptors (Lipinski definition) is 2.